The number of rotatable bonds is 6. The number of nitrogens with one attached hydrogen (secondary N) is 2. The average molecular weight is 414 g/mol. The van der Waals surface area contributed by atoms with Crippen molar-refractivity contribution in [3.05, 3.63) is 75.3 Å². The first-order valence-electron chi connectivity index (χ1n) is 8.71. The van der Waals surface area contributed by atoms with E-state index in [1.165, 1.54) is 0 Å². The van der Waals surface area contributed by atoms with Crippen molar-refractivity contribution in [3.8, 4) is 6.07 Å². The molecule has 0 spiro atoms. The summed E-state index contributed by atoms with van der Waals surface area (Å²) in [6.07, 6.45) is 3.74. The molecule has 0 heterocycles. The Balaban J connectivity index is 1.58. The van der Waals surface area contributed by atoms with Crippen LogP contribution >= 0.6 is 23.2 Å². The molecular formula is C21H17Cl2N3O2. The minimum absolute atomic E-state index is 0.115. The first-order chi connectivity index (χ1) is 13.5. The van der Waals surface area contributed by atoms with Crippen LogP contribution in [0.5, 0.6) is 0 Å². The van der Waals surface area contributed by atoms with Crippen molar-refractivity contribution in [1.82, 2.24) is 5.32 Å². The van der Waals surface area contributed by atoms with Crippen molar-refractivity contribution in [2.45, 2.75) is 19.4 Å². The Morgan fingerprint density at radius 2 is 1.86 bits per heavy atom. The maximum Gasteiger partial charge on any atom is 0.265 e. The van der Waals surface area contributed by atoms with Gasteiger partial charge in [-0.2, -0.15) is 5.26 Å². The van der Waals surface area contributed by atoms with Gasteiger partial charge in [0.2, 0.25) is 0 Å². The van der Waals surface area contributed by atoms with Gasteiger partial charge in [0.1, 0.15) is 11.6 Å². The summed E-state index contributed by atoms with van der Waals surface area (Å²) in [7, 11) is 0. The van der Waals surface area contributed by atoms with Crippen LogP contribution in [0.15, 0.2) is 54.1 Å². The lowest BCUT2D eigenvalue weighted by Crippen LogP contribution is -2.23. The number of allylic oxidation sites excluding steroid dienone is 1. The Bertz CT molecular complexity index is 974. The van der Waals surface area contributed by atoms with Gasteiger partial charge >= 0.3 is 0 Å². The average Bonchev–Trinajstić information content (AvgIpc) is 3.50. The van der Waals surface area contributed by atoms with Crippen LogP contribution in [0.3, 0.4) is 0 Å². The van der Waals surface area contributed by atoms with E-state index in [2.05, 4.69) is 10.6 Å². The first-order valence-corrected chi connectivity index (χ1v) is 9.47. The van der Waals surface area contributed by atoms with Crippen molar-refractivity contribution in [2.24, 2.45) is 5.92 Å². The van der Waals surface area contributed by atoms with Crippen LogP contribution < -0.4 is 10.6 Å². The smallest absolute Gasteiger partial charge is 0.265 e. The summed E-state index contributed by atoms with van der Waals surface area (Å²) < 4.78 is 0. The maximum absolute atomic E-state index is 12.3. The van der Waals surface area contributed by atoms with Crippen molar-refractivity contribution >= 4 is 40.7 Å². The highest BCUT2D eigenvalue weighted by Gasteiger charge is 2.21. The van der Waals surface area contributed by atoms with Gasteiger partial charge in [-0.25, -0.2) is 0 Å². The van der Waals surface area contributed by atoms with E-state index in [4.69, 9.17) is 28.5 Å². The number of nitrogens with zero attached hydrogens (tertiary/aromatic N) is 1. The summed E-state index contributed by atoms with van der Waals surface area (Å²) in [4.78, 5) is 24.4. The number of nitriles is 1. The van der Waals surface area contributed by atoms with E-state index in [0.29, 0.717) is 27.2 Å². The molecule has 1 fully saturated rings. The van der Waals surface area contributed by atoms with Gasteiger partial charge in [-0.05, 0) is 60.7 Å². The standard InChI is InChI=1S/C21H17Cl2N3O2/c22-17-6-3-15(19(23)10-17)12-25-20(27)14-4-7-18(8-5-14)26-21(28)16(11-24)9-13-1-2-13/h3-10,13H,1-2,12H2,(H,25,27)(H,26,28)/b16-9+. The number of halogens is 2. The van der Waals surface area contributed by atoms with E-state index in [-0.39, 0.29) is 18.0 Å². The fourth-order valence-corrected chi connectivity index (χ4v) is 2.98. The molecule has 2 N–H and O–H groups in total. The van der Waals surface area contributed by atoms with Gasteiger partial charge in [0.05, 0.1) is 0 Å². The highest BCUT2D eigenvalue weighted by atomic mass is 35.5. The number of hydrogen-bond donors (Lipinski definition) is 2. The summed E-state index contributed by atoms with van der Waals surface area (Å²) in [5.74, 6) is -0.375. The first kappa shape index (κ1) is 19.9. The summed E-state index contributed by atoms with van der Waals surface area (Å²) in [6.45, 7) is 0.269. The topological polar surface area (TPSA) is 82.0 Å². The third kappa shape index (κ3) is 5.35. The van der Waals surface area contributed by atoms with Gasteiger partial charge in [-0.15, -0.1) is 0 Å². The second-order valence-corrected chi connectivity index (χ2v) is 7.32. The second kappa shape index (κ2) is 8.92. The van der Waals surface area contributed by atoms with Crippen molar-refractivity contribution in [3.63, 3.8) is 0 Å². The molecule has 0 aromatic heterocycles. The summed E-state index contributed by atoms with van der Waals surface area (Å²) in [6, 6.07) is 13.5. The van der Waals surface area contributed by atoms with Gasteiger partial charge in [0.15, 0.2) is 0 Å². The zero-order valence-corrected chi connectivity index (χ0v) is 16.3. The van der Waals surface area contributed by atoms with Crippen molar-refractivity contribution in [2.75, 3.05) is 5.32 Å². The van der Waals surface area contributed by atoms with Gasteiger partial charge in [0, 0.05) is 27.8 Å². The largest absolute Gasteiger partial charge is 0.348 e. The Kier molecular flexibility index (Phi) is 6.35. The van der Waals surface area contributed by atoms with Crippen LogP contribution in [-0.2, 0) is 11.3 Å². The maximum atomic E-state index is 12.3. The molecule has 2 aromatic carbocycles. The number of anilines is 1. The molecule has 2 aromatic rings. The monoisotopic (exact) mass is 413 g/mol. The van der Waals surface area contributed by atoms with Crippen molar-refractivity contribution in [1.29, 1.82) is 5.26 Å². The fraction of sp³-hybridized carbons (Fsp3) is 0.190. The molecule has 0 bridgehead atoms. The van der Waals surface area contributed by atoms with Crippen LogP contribution in [0.1, 0.15) is 28.8 Å². The molecule has 0 saturated heterocycles. The van der Waals surface area contributed by atoms with Gasteiger partial charge < -0.3 is 10.6 Å². The van der Waals surface area contributed by atoms with Crippen molar-refractivity contribution < 1.29 is 9.59 Å². The Hall–Kier alpha value is -2.81. The lowest BCUT2D eigenvalue weighted by molar-refractivity contribution is -0.112. The number of carbonyl (C=O) groups excluding carboxylic acids is 2. The normalized spacial score (nSPS) is 13.5. The molecule has 1 saturated carbocycles. The number of benzene rings is 2. The van der Waals surface area contributed by atoms with Gasteiger partial charge in [-0.3, -0.25) is 9.59 Å². The van der Waals surface area contributed by atoms with E-state index < -0.39 is 5.91 Å². The molecule has 0 radical (unpaired) electrons. The number of hydrogen-bond acceptors (Lipinski definition) is 3. The minimum Gasteiger partial charge on any atom is -0.348 e. The molecule has 0 atom stereocenters. The van der Waals surface area contributed by atoms with Gasteiger partial charge in [-0.1, -0.05) is 35.3 Å². The molecular weight excluding hydrogens is 397 g/mol. The van der Waals surface area contributed by atoms with E-state index in [1.54, 1.807) is 48.5 Å². The van der Waals surface area contributed by atoms with E-state index in [0.717, 1.165) is 18.4 Å². The molecule has 142 valence electrons. The summed E-state index contributed by atoms with van der Waals surface area (Å²) in [5.41, 5.74) is 1.83. The van der Waals surface area contributed by atoms with Crippen LogP contribution in [0, 0.1) is 17.2 Å². The summed E-state index contributed by atoms with van der Waals surface area (Å²) in [5, 5.41) is 15.6. The molecule has 3 rings (SSSR count). The van der Waals surface area contributed by atoms with E-state index in [1.807, 2.05) is 6.07 Å². The Labute approximate surface area is 172 Å². The number of amides is 2. The molecule has 7 heteroatoms. The molecule has 1 aliphatic rings. The van der Waals surface area contributed by atoms with Crippen LogP contribution in [0.2, 0.25) is 10.0 Å². The van der Waals surface area contributed by atoms with Crippen LogP contribution in [0.4, 0.5) is 5.69 Å². The molecule has 28 heavy (non-hydrogen) atoms. The van der Waals surface area contributed by atoms with E-state index >= 15 is 0 Å². The third-order valence-electron chi connectivity index (χ3n) is 4.25. The molecule has 1 aliphatic carbocycles. The Morgan fingerprint density at radius 1 is 1.14 bits per heavy atom. The minimum atomic E-state index is -0.441. The van der Waals surface area contributed by atoms with Gasteiger partial charge in [0.25, 0.3) is 11.8 Å². The zero-order chi connectivity index (χ0) is 20.1. The lowest BCUT2D eigenvalue weighted by atomic mass is 10.1. The predicted octanol–water partition coefficient (Wildman–Crippen LogP) is 4.72. The van der Waals surface area contributed by atoms with E-state index in [9.17, 15) is 9.59 Å². The molecule has 2 amide bonds. The molecule has 0 aliphatic heterocycles. The zero-order valence-electron chi connectivity index (χ0n) is 14.8. The van der Waals surface area contributed by atoms with Crippen LogP contribution in [-0.4, -0.2) is 11.8 Å². The molecule has 0 unspecified atom stereocenters. The highest BCUT2D eigenvalue weighted by molar-refractivity contribution is 6.35. The summed E-state index contributed by atoms with van der Waals surface area (Å²) >= 11 is 12.0. The number of carbonyl (C=O) groups is 2. The highest BCUT2D eigenvalue weighted by Crippen LogP contribution is 2.31. The Morgan fingerprint density at radius 3 is 2.46 bits per heavy atom. The fourth-order valence-electron chi connectivity index (χ4n) is 2.51. The molecule has 5 nitrogen and oxygen atoms in total. The lowest BCUT2D eigenvalue weighted by Gasteiger charge is -2.09. The second-order valence-electron chi connectivity index (χ2n) is 6.48. The SMILES string of the molecule is N#C/C(=C\C1CC1)C(=O)Nc1ccc(C(=O)NCc2ccc(Cl)cc2Cl)cc1. The quantitative estimate of drug-likeness (QED) is 0.530. The van der Waals surface area contributed by atoms with Crippen LogP contribution in [0.25, 0.3) is 0 Å². The predicted molar refractivity (Wildman–Crippen MR) is 109 cm³/mol. The third-order valence-corrected chi connectivity index (χ3v) is 4.84.